The Morgan fingerprint density at radius 3 is 2.65 bits per heavy atom. The Labute approximate surface area is 133 Å². The third kappa shape index (κ3) is 5.46. The van der Waals surface area contributed by atoms with Gasteiger partial charge in [0.15, 0.2) is 0 Å². The van der Waals surface area contributed by atoms with E-state index in [0.29, 0.717) is 30.9 Å². The van der Waals surface area contributed by atoms with Crippen LogP contribution in [0, 0.1) is 0 Å². The molecule has 7 nitrogen and oxygen atoms in total. The van der Waals surface area contributed by atoms with Crippen LogP contribution in [-0.4, -0.2) is 33.4 Å². The van der Waals surface area contributed by atoms with Crippen LogP contribution in [0.4, 0.5) is 0 Å². The summed E-state index contributed by atoms with van der Waals surface area (Å²) in [6.45, 7) is 0.774. The van der Waals surface area contributed by atoms with E-state index in [-0.39, 0.29) is 12.3 Å². The maximum absolute atomic E-state index is 11.9. The van der Waals surface area contributed by atoms with Gasteiger partial charge in [0.05, 0.1) is 18.4 Å². The smallest absolute Gasteiger partial charge is 0.303 e. The van der Waals surface area contributed by atoms with Crippen molar-refractivity contribution in [2.75, 3.05) is 6.61 Å². The first-order chi connectivity index (χ1) is 11.0. The van der Waals surface area contributed by atoms with Gasteiger partial charge in [-0.25, -0.2) is 0 Å². The minimum Gasteiger partial charge on any atom is -0.494 e. The van der Waals surface area contributed by atoms with Crippen molar-refractivity contribution in [2.24, 2.45) is 7.05 Å². The molecule has 0 radical (unpaired) electrons. The van der Waals surface area contributed by atoms with Gasteiger partial charge in [-0.15, -0.1) is 0 Å². The summed E-state index contributed by atoms with van der Waals surface area (Å²) >= 11 is 0. The molecule has 1 aromatic heterocycles. The van der Waals surface area contributed by atoms with Crippen molar-refractivity contribution in [3.63, 3.8) is 0 Å². The van der Waals surface area contributed by atoms with Gasteiger partial charge in [-0.05, 0) is 24.1 Å². The van der Waals surface area contributed by atoms with E-state index in [1.807, 2.05) is 12.1 Å². The van der Waals surface area contributed by atoms with E-state index in [0.717, 1.165) is 5.56 Å². The van der Waals surface area contributed by atoms with Crippen molar-refractivity contribution in [1.82, 2.24) is 15.1 Å². The average Bonchev–Trinajstić information content (AvgIpc) is 2.97. The molecule has 0 saturated heterocycles. The molecular weight excluding hydrogens is 298 g/mol. The van der Waals surface area contributed by atoms with Crippen molar-refractivity contribution < 1.29 is 19.4 Å². The monoisotopic (exact) mass is 317 g/mol. The number of benzene rings is 1. The summed E-state index contributed by atoms with van der Waals surface area (Å²) in [5, 5.41) is 15.3. The van der Waals surface area contributed by atoms with E-state index in [1.54, 1.807) is 30.1 Å². The average molecular weight is 317 g/mol. The SMILES string of the molecule is Cn1cc(C(=O)NCc2ccc(OCCCC(=O)O)cc2)cn1. The normalized spacial score (nSPS) is 10.3. The number of hydrogen-bond acceptors (Lipinski definition) is 4. The van der Waals surface area contributed by atoms with Gasteiger partial charge in [-0.3, -0.25) is 14.3 Å². The van der Waals surface area contributed by atoms with Gasteiger partial charge in [0.25, 0.3) is 5.91 Å². The fourth-order valence-corrected chi connectivity index (χ4v) is 1.94. The highest BCUT2D eigenvalue weighted by Gasteiger charge is 2.07. The first kappa shape index (κ1) is 16.5. The van der Waals surface area contributed by atoms with Crippen molar-refractivity contribution in [3.05, 3.63) is 47.8 Å². The number of carbonyl (C=O) groups excluding carboxylic acids is 1. The Balaban J connectivity index is 1.76. The second-order valence-electron chi connectivity index (χ2n) is 5.08. The number of aryl methyl sites for hydroxylation is 1. The van der Waals surface area contributed by atoms with Gasteiger partial charge in [0.2, 0.25) is 0 Å². The number of amides is 1. The summed E-state index contributed by atoms with van der Waals surface area (Å²) in [6, 6.07) is 7.31. The molecule has 0 aliphatic carbocycles. The number of carboxylic acid groups (broad SMARTS) is 1. The highest BCUT2D eigenvalue weighted by Crippen LogP contribution is 2.12. The molecule has 1 aromatic carbocycles. The molecule has 0 saturated carbocycles. The topological polar surface area (TPSA) is 93.5 Å². The Bertz CT molecular complexity index is 664. The summed E-state index contributed by atoms with van der Waals surface area (Å²) in [4.78, 5) is 22.3. The molecule has 122 valence electrons. The molecule has 0 spiro atoms. The van der Waals surface area contributed by atoms with Crippen LogP contribution in [0.1, 0.15) is 28.8 Å². The van der Waals surface area contributed by atoms with Gasteiger partial charge in [0.1, 0.15) is 5.75 Å². The summed E-state index contributed by atoms with van der Waals surface area (Å²) in [5.74, 6) is -0.321. The minimum absolute atomic E-state index is 0.0957. The fourth-order valence-electron chi connectivity index (χ4n) is 1.94. The molecule has 2 rings (SSSR count). The van der Waals surface area contributed by atoms with Crippen molar-refractivity contribution in [3.8, 4) is 5.75 Å². The number of aliphatic carboxylic acids is 1. The van der Waals surface area contributed by atoms with Crippen LogP contribution in [0.15, 0.2) is 36.7 Å². The maximum Gasteiger partial charge on any atom is 0.303 e. The van der Waals surface area contributed by atoms with Crippen molar-refractivity contribution in [2.45, 2.75) is 19.4 Å². The molecule has 1 heterocycles. The Kier molecular flexibility index (Phi) is 5.74. The Morgan fingerprint density at radius 2 is 2.04 bits per heavy atom. The largest absolute Gasteiger partial charge is 0.494 e. The molecule has 0 fully saturated rings. The van der Waals surface area contributed by atoms with Crippen molar-refractivity contribution >= 4 is 11.9 Å². The zero-order chi connectivity index (χ0) is 16.7. The molecule has 0 aliphatic heterocycles. The van der Waals surface area contributed by atoms with Crippen LogP contribution in [0.3, 0.4) is 0 Å². The summed E-state index contributed by atoms with van der Waals surface area (Å²) in [5.41, 5.74) is 1.46. The number of aromatic nitrogens is 2. The molecule has 23 heavy (non-hydrogen) atoms. The van der Waals surface area contributed by atoms with Gasteiger partial charge < -0.3 is 15.2 Å². The predicted molar refractivity (Wildman–Crippen MR) is 83.2 cm³/mol. The molecular formula is C16H19N3O4. The highest BCUT2D eigenvalue weighted by molar-refractivity contribution is 5.93. The lowest BCUT2D eigenvalue weighted by Crippen LogP contribution is -2.22. The van der Waals surface area contributed by atoms with Crippen LogP contribution in [0.2, 0.25) is 0 Å². The molecule has 2 N–H and O–H groups in total. The molecule has 7 heteroatoms. The zero-order valence-electron chi connectivity index (χ0n) is 12.9. The fraction of sp³-hybridized carbons (Fsp3) is 0.312. The lowest BCUT2D eigenvalue weighted by molar-refractivity contribution is -0.137. The third-order valence-corrected chi connectivity index (χ3v) is 3.15. The Morgan fingerprint density at radius 1 is 1.30 bits per heavy atom. The van der Waals surface area contributed by atoms with E-state index >= 15 is 0 Å². The second-order valence-corrected chi connectivity index (χ2v) is 5.08. The van der Waals surface area contributed by atoms with Gasteiger partial charge in [-0.2, -0.15) is 5.10 Å². The number of rotatable bonds is 8. The molecule has 0 bridgehead atoms. The molecule has 0 atom stereocenters. The standard InChI is InChI=1S/C16H19N3O4/c1-19-11-13(10-18-19)16(22)17-9-12-4-6-14(7-5-12)23-8-2-3-15(20)21/h4-7,10-11H,2-3,8-9H2,1H3,(H,17,22)(H,20,21). The van der Waals surface area contributed by atoms with Crippen LogP contribution in [0.25, 0.3) is 0 Å². The quantitative estimate of drug-likeness (QED) is 0.721. The van der Waals surface area contributed by atoms with Crippen molar-refractivity contribution in [1.29, 1.82) is 0 Å². The summed E-state index contributed by atoms with van der Waals surface area (Å²) in [7, 11) is 1.76. The zero-order valence-corrected chi connectivity index (χ0v) is 12.9. The second kappa shape index (κ2) is 7.98. The van der Waals surface area contributed by atoms with Crippen LogP contribution in [0.5, 0.6) is 5.75 Å². The van der Waals surface area contributed by atoms with Crippen LogP contribution >= 0.6 is 0 Å². The maximum atomic E-state index is 11.9. The first-order valence-corrected chi connectivity index (χ1v) is 7.25. The Hall–Kier alpha value is -2.83. The molecule has 2 aromatic rings. The lowest BCUT2D eigenvalue weighted by atomic mass is 10.2. The number of carbonyl (C=O) groups is 2. The predicted octanol–water partition coefficient (Wildman–Crippen LogP) is 1.59. The third-order valence-electron chi connectivity index (χ3n) is 3.15. The van der Waals surface area contributed by atoms with Crippen LogP contribution < -0.4 is 10.1 Å². The molecule has 0 aliphatic rings. The number of nitrogens with zero attached hydrogens (tertiary/aromatic N) is 2. The van der Waals surface area contributed by atoms with E-state index < -0.39 is 5.97 Å². The molecule has 0 unspecified atom stereocenters. The van der Waals surface area contributed by atoms with Gasteiger partial charge >= 0.3 is 5.97 Å². The van der Waals surface area contributed by atoms with Gasteiger partial charge in [-0.1, -0.05) is 12.1 Å². The number of ether oxygens (including phenoxy) is 1. The van der Waals surface area contributed by atoms with Gasteiger partial charge in [0, 0.05) is 26.2 Å². The number of carboxylic acids is 1. The lowest BCUT2D eigenvalue weighted by Gasteiger charge is -2.07. The highest BCUT2D eigenvalue weighted by atomic mass is 16.5. The van der Waals surface area contributed by atoms with E-state index in [2.05, 4.69) is 10.4 Å². The molecule has 1 amide bonds. The van der Waals surface area contributed by atoms with Crippen LogP contribution in [-0.2, 0) is 18.4 Å². The van der Waals surface area contributed by atoms with E-state index in [4.69, 9.17) is 9.84 Å². The van der Waals surface area contributed by atoms with E-state index in [9.17, 15) is 9.59 Å². The summed E-state index contributed by atoms with van der Waals surface area (Å²) < 4.78 is 7.02. The minimum atomic E-state index is -0.826. The number of hydrogen-bond donors (Lipinski definition) is 2. The first-order valence-electron chi connectivity index (χ1n) is 7.25. The summed E-state index contributed by atoms with van der Waals surface area (Å²) in [6.07, 6.45) is 3.74. The number of nitrogens with one attached hydrogen (secondary N) is 1. The van der Waals surface area contributed by atoms with E-state index in [1.165, 1.54) is 6.20 Å².